The molecule has 2 nitrogen and oxygen atoms in total. The van der Waals surface area contributed by atoms with E-state index in [1.807, 2.05) is 35.6 Å². The summed E-state index contributed by atoms with van der Waals surface area (Å²) >= 11 is 5.21. The van der Waals surface area contributed by atoms with Crippen molar-refractivity contribution in [3.8, 4) is 0 Å². The number of hydrogen-bond donors (Lipinski definition) is 1. The summed E-state index contributed by atoms with van der Waals surface area (Å²) in [6, 6.07) is 12.2. The molecule has 0 radical (unpaired) electrons. The van der Waals surface area contributed by atoms with Crippen LogP contribution in [0.25, 0.3) is 0 Å². The Morgan fingerprint density at radius 3 is 2.60 bits per heavy atom. The van der Waals surface area contributed by atoms with E-state index in [0.29, 0.717) is 0 Å². The molecule has 2 aromatic rings. The van der Waals surface area contributed by atoms with Crippen molar-refractivity contribution in [1.82, 2.24) is 4.90 Å². The molecule has 0 amide bonds. The first-order chi connectivity index (χ1) is 9.65. The molecule has 1 atom stereocenters. The number of rotatable bonds is 7. The first-order valence-electron chi connectivity index (χ1n) is 6.79. The summed E-state index contributed by atoms with van der Waals surface area (Å²) in [5.41, 5.74) is 0.986. The molecule has 0 aliphatic heterocycles. The minimum absolute atomic E-state index is 0.382. The van der Waals surface area contributed by atoms with E-state index in [2.05, 4.69) is 45.4 Å². The SMILES string of the molecule is CN(CCc1cccs1)CCC(O)c1ccc(Br)cc1. The topological polar surface area (TPSA) is 23.5 Å². The molecular formula is C16H20BrNOS. The number of likely N-dealkylation sites (N-methyl/N-ethyl adjacent to an activating group) is 1. The quantitative estimate of drug-likeness (QED) is 0.809. The van der Waals surface area contributed by atoms with Gasteiger partial charge in [0.05, 0.1) is 6.10 Å². The van der Waals surface area contributed by atoms with E-state index < -0.39 is 0 Å². The van der Waals surface area contributed by atoms with Crippen LogP contribution in [0.2, 0.25) is 0 Å². The summed E-state index contributed by atoms with van der Waals surface area (Å²) in [6.45, 7) is 1.94. The number of nitrogens with zero attached hydrogens (tertiary/aromatic N) is 1. The fraction of sp³-hybridized carbons (Fsp3) is 0.375. The Hall–Kier alpha value is -0.680. The highest BCUT2D eigenvalue weighted by Gasteiger charge is 2.09. The molecular weight excluding hydrogens is 334 g/mol. The van der Waals surface area contributed by atoms with Crippen LogP contribution in [0, 0.1) is 0 Å². The van der Waals surface area contributed by atoms with Crippen LogP contribution in [-0.2, 0) is 6.42 Å². The lowest BCUT2D eigenvalue weighted by molar-refractivity contribution is 0.149. The predicted octanol–water partition coefficient (Wildman–Crippen LogP) is 4.11. The van der Waals surface area contributed by atoms with Gasteiger partial charge in [0.15, 0.2) is 0 Å². The lowest BCUT2D eigenvalue weighted by atomic mass is 10.1. The Morgan fingerprint density at radius 1 is 1.20 bits per heavy atom. The molecule has 2 rings (SSSR count). The van der Waals surface area contributed by atoms with E-state index in [0.717, 1.165) is 36.0 Å². The summed E-state index contributed by atoms with van der Waals surface area (Å²) in [4.78, 5) is 3.70. The largest absolute Gasteiger partial charge is 0.388 e. The number of hydrogen-bond acceptors (Lipinski definition) is 3. The van der Waals surface area contributed by atoms with Crippen molar-refractivity contribution >= 4 is 27.3 Å². The van der Waals surface area contributed by atoms with E-state index in [-0.39, 0.29) is 6.10 Å². The molecule has 0 saturated carbocycles. The maximum absolute atomic E-state index is 10.2. The van der Waals surface area contributed by atoms with Crippen LogP contribution in [0.4, 0.5) is 0 Å². The van der Waals surface area contributed by atoms with Crippen molar-refractivity contribution in [2.45, 2.75) is 18.9 Å². The molecule has 0 spiro atoms. The van der Waals surface area contributed by atoms with Gasteiger partial charge in [0.2, 0.25) is 0 Å². The molecule has 0 saturated heterocycles. The van der Waals surface area contributed by atoms with Crippen LogP contribution in [0.3, 0.4) is 0 Å². The fourth-order valence-electron chi connectivity index (χ4n) is 2.06. The van der Waals surface area contributed by atoms with Crippen LogP contribution in [0.1, 0.15) is 23.0 Å². The standard InChI is InChI=1S/C16H20BrNOS/c1-18(10-8-15-3-2-12-20-15)11-9-16(19)13-4-6-14(17)7-5-13/h2-7,12,16,19H,8-11H2,1H3. The maximum atomic E-state index is 10.2. The number of benzene rings is 1. The van der Waals surface area contributed by atoms with Gasteiger partial charge in [0.1, 0.15) is 0 Å². The third-order valence-corrected chi connectivity index (χ3v) is 4.82. The molecule has 0 aliphatic rings. The van der Waals surface area contributed by atoms with Crippen LogP contribution in [0.5, 0.6) is 0 Å². The fourth-order valence-corrected chi connectivity index (χ4v) is 3.02. The van der Waals surface area contributed by atoms with Gasteiger partial charge in [-0.1, -0.05) is 34.1 Å². The van der Waals surface area contributed by atoms with Crippen molar-refractivity contribution in [3.05, 3.63) is 56.7 Å². The minimum atomic E-state index is -0.382. The Labute approximate surface area is 133 Å². The average Bonchev–Trinajstić information content (AvgIpc) is 2.96. The van der Waals surface area contributed by atoms with Gasteiger partial charge in [0.25, 0.3) is 0 Å². The van der Waals surface area contributed by atoms with Gasteiger partial charge < -0.3 is 10.0 Å². The zero-order valence-electron chi connectivity index (χ0n) is 11.6. The van der Waals surface area contributed by atoms with Crippen molar-refractivity contribution in [1.29, 1.82) is 0 Å². The molecule has 1 heterocycles. The van der Waals surface area contributed by atoms with Crippen molar-refractivity contribution < 1.29 is 5.11 Å². The lowest BCUT2D eigenvalue weighted by Crippen LogP contribution is -2.23. The van der Waals surface area contributed by atoms with Crippen LogP contribution < -0.4 is 0 Å². The van der Waals surface area contributed by atoms with Gasteiger partial charge in [-0.3, -0.25) is 0 Å². The number of halogens is 1. The minimum Gasteiger partial charge on any atom is -0.388 e. The second-order valence-electron chi connectivity index (χ2n) is 4.99. The molecule has 1 aromatic carbocycles. The maximum Gasteiger partial charge on any atom is 0.0802 e. The highest BCUT2D eigenvalue weighted by atomic mass is 79.9. The van der Waals surface area contributed by atoms with E-state index in [1.165, 1.54) is 4.88 Å². The molecule has 0 bridgehead atoms. The van der Waals surface area contributed by atoms with Gasteiger partial charge in [-0.2, -0.15) is 0 Å². The van der Waals surface area contributed by atoms with Crippen molar-refractivity contribution in [3.63, 3.8) is 0 Å². The van der Waals surface area contributed by atoms with Gasteiger partial charge in [-0.25, -0.2) is 0 Å². The lowest BCUT2D eigenvalue weighted by Gasteiger charge is -2.18. The van der Waals surface area contributed by atoms with E-state index >= 15 is 0 Å². The molecule has 1 N–H and O–H groups in total. The van der Waals surface area contributed by atoms with Crippen LogP contribution in [0.15, 0.2) is 46.3 Å². The Bertz CT molecular complexity index is 498. The Kier molecular flexibility index (Phi) is 6.23. The monoisotopic (exact) mass is 353 g/mol. The second kappa shape index (κ2) is 7.93. The molecule has 20 heavy (non-hydrogen) atoms. The Balaban J connectivity index is 1.72. The highest BCUT2D eigenvalue weighted by molar-refractivity contribution is 9.10. The van der Waals surface area contributed by atoms with Gasteiger partial charge in [-0.05, 0) is 49.0 Å². The average molecular weight is 354 g/mol. The third-order valence-electron chi connectivity index (χ3n) is 3.36. The van der Waals surface area contributed by atoms with E-state index in [4.69, 9.17) is 0 Å². The number of aliphatic hydroxyl groups is 1. The number of thiophene rings is 1. The molecule has 4 heteroatoms. The summed E-state index contributed by atoms with van der Waals surface area (Å²) in [7, 11) is 2.11. The molecule has 108 valence electrons. The molecule has 0 aliphatic carbocycles. The molecule has 1 aromatic heterocycles. The van der Waals surface area contributed by atoms with Crippen LogP contribution >= 0.6 is 27.3 Å². The van der Waals surface area contributed by atoms with Gasteiger partial charge in [-0.15, -0.1) is 11.3 Å². The van der Waals surface area contributed by atoms with Crippen molar-refractivity contribution in [2.24, 2.45) is 0 Å². The smallest absolute Gasteiger partial charge is 0.0802 e. The number of aliphatic hydroxyl groups excluding tert-OH is 1. The predicted molar refractivity (Wildman–Crippen MR) is 89.2 cm³/mol. The summed E-state index contributed by atoms with van der Waals surface area (Å²) < 4.78 is 1.04. The highest BCUT2D eigenvalue weighted by Crippen LogP contribution is 2.19. The van der Waals surface area contributed by atoms with Gasteiger partial charge in [0, 0.05) is 22.4 Å². The van der Waals surface area contributed by atoms with E-state index in [1.54, 1.807) is 0 Å². The zero-order chi connectivity index (χ0) is 14.4. The summed E-state index contributed by atoms with van der Waals surface area (Å²) in [5, 5.41) is 12.3. The van der Waals surface area contributed by atoms with Crippen molar-refractivity contribution in [2.75, 3.05) is 20.1 Å². The normalized spacial score (nSPS) is 12.8. The first-order valence-corrected chi connectivity index (χ1v) is 8.47. The second-order valence-corrected chi connectivity index (χ2v) is 6.94. The zero-order valence-corrected chi connectivity index (χ0v) is 14.0. The van der Waals surface area contributed by atoms with Gasteiger partial charge >= 0.3 is 0 Å². The molecule has 1 unspecified atom stereocenters. The molecule has 0 fully saturated rings. The third kappa shape index (κ3) is 5.02. The Morgan fingerprint density at radius 2 is 1.95 bits per heavy atom. The van der Waals surface area contributed by atoms with Crippen LogP contribution in [-0.4, -0.2) is 30.1 Å². The summed E-state index contributed by atoms with van der Waals surface area (Å²) in [5.74, 6) is 0. The summed E-state index contributed by atoms with van der Waals surface area (Å²) in [6.07, 6.45) is 1.47. The first kappa shape index (κ1) is 15.7. The van der Waals surface area contributed by atoms with E-state index in [9.17, 15) is 5.11 Å².